The molecular weight excluding hydrogens is 241 g/mol. The van der Waals surface area contributed by atoms with Crippen molar-refractivity contribution in [3.63, 3.8) is 0 Å². The number of carboxylic acids is 1. The van der Waals surface area contributed by atoms with E-state index >= 15 is 0 Å². The van der Waals surface area contributed by atoms with Gasteiger partial charge in [-0.25, -0.2) is 9.18 Å². The highest BCUT2D eigenvalue weighted by molar-refractivity contribution is 9.10. The number of nitrogens with zero attached hydrogens (tertiary/aromatic N) is 1. The van der Waals surface area contributed by atoms with E-state index in [1.807, 2.05) is 0 Å². The maximum absolute atomic E-state index is 12.7. The summed E-state index contributed by atoms with van der Waals surface area (Å²) < 4.78 is 12.8. The highest BCUT2D eigenvalue weighted by atomic mass is 79.9. The van der Waals surface area contributed by atoms with Crippen LogP contribution < -0.4 is 0 Å². The first-order valence-corrected chi connectivity index (χ1v) is 3.98. The Morgan fingerprint density at radius 3 is 2.69 bits per heavy atom. The number of halogens is 2. The van der Waals surface area contributed by atoms with Crippen molar-refractivity contribution < 1.29 is 14.3 Å². The van der Waals surface area contributed by atoms with Crippen molar-refractivity contribution in [3.05, 3.63) is 33.5 Å². The highest BCUT2D eigenvalue weighted by Crippen LogP contribution is 2.21. The third-order valence-electron chi connectivity index (χ3n) is 1.39. The van der Waals surface area contributed by atoms with E-state index < -0.39 is 11.8 Å². The lowest BCUT2D eigenvalue weighted by molar-refractivity contribution is 0.0695. The molecule has 0 heterocycles. The standard InChI is InChI=1S/C8H3BrFNO2/c9-6-2-5(10)1-4(3-11)7(6)8(12)13/h1-2H,(H,12,13). The summed E-state index contributed by atoms with van der Waals surface area (Å²) in [5, 5.41) is 17.2. The van der Waals surface area contributed by atoms with Crippen LogP contribution in [0.5, 0.6) is 0 Å². The maximum atomic E-state index is 12.7. The zero-order chi connectivity index (χ0) is 10.0. The van der Waals surface area contributed by atoms with Crippen LogP contribution in [0.2, 0.25) is 0 Å². The van der Waals surface area contributed by atoms with Crippen LogP contribution in [0.25, 0.3) is 0 Å². The molecule has 0 aliphatic carbocycles. The van der Waals surface area contributed by atoms with Gasteiger partial charge in [0.1, 0.15) is 11.9 Å². The van der Waals surface area contributed by atoms with Gasteiger partial charge in [0.2, 0.25) is 0 Å². The molecule has 1 rings (SSSR count). The van der Waals surface area contributed by atoms with E-state index in [0.29, 0.717) is 0 Å². The van der Waals surface area contributed by atoms with Crippen LogP contribution in [0.1, 0.15) is 15.9 Å². The van der Waals surface area contributed by atoms with Gasteiger partial charge in [-0.15, -0.1) is 0 Å². The first-order valence-electron chi connectivity index (χ1n) is 3.18. The Labute approximate surface area is 81.5 Å². The molecular formula is C8H3BrFNO2. The van der Waals surface area contributed by atoms with Crippen LogP contribution in [0.4, 0.5) is 4.39 Å². The quantitative estimate of drug-likeness (QED) is 0.823. The van der Waals surface area contributed by atoms with E-state index in [1.54, 1.807) is 6.07 Å². The summed E-state index contributed by atoms with van der Waals surface area (Å²) in [4.78, 5) is 10.6. The lowest BCUT2D eigenvalue weighted by Gasteiger charge is -2.00. The van der Waals surface area contributed by atoms with Crippen LogP contribution in [0.3, 0.4) is 0 Å². The third kappa shape index (κ3) is 1.84. The summed E-state index contributed by atoms with van der Waals surface area (Å²) in [5.74, 6) is -1.91. The minimum Gasteiger partial charge on any atom is -0.478 e. The second-order valence-electron chi connectivity index (χ2n) is 2.23. The Morgan fingerprint density at radius 2 is 2.23 bits per heavy atom. The van der Waals surface area contributed by atoms with E-state index in [2.05, 4.69) is 15.9 Å². The van der Waals surface area contributed by atoms with Gasteiger partial charge in [-0.3, -0.25) is 0 Å². The van der Waals surface area contributed by atoms with Gasteiger partial charge < -0.3 is 5.11 Å². The molecule has 0 unspecified atom stereocenters. The van der Waals surface area contributed by atoms with Crippen molar-refractivity contribution in [1.82, 2.24) is 0 Å². The Balaban J connectivity index is 3.50. The van der Waals surface area contributed by atoms with Crippen molar-refractivity contribution in [3.8, 4) is 6.07 Å². The number of rotatable bonds is 1. The maximum Gasteiger partial charge on any atom is 0.338 e. The smallest absolute Gasteiger partial charge is 0.338 e. The Morgan fingerprint density at radius 1 is 1.62 bits per heavy atom. The molecule has 1 aromatic carbocycles. The van der Waals surface area contributed by atoms with E-state index in [-0.39, 0.29) is 15.6 Å². The fourth-order valence-corrected chi connectivity index (χ4v) is 1.48. The monoisotopic (exact) mass is 243 g/mol. The predicted molar refractivity (Wildman–Crippen MR) is 45.8 cm³/mol. The summed E-state index contributed by atoms with van der Waals surface area (Å²) in [6.07, 6.45) is 0. The molecule has 0 aliphatic rings. The van der Waals surface area contributed by atoms with Gasteiger partial charge in [0.05, 0.1) is 11.1 Å². The van der Waals surface area contributed by atoms with Gasteiger partial charge in [0, 0.05) is 4.47 Å². The molecule has 0 saturated heterocycles. The van der Waals surface area contributed by atoms with Gasteiger partial charge in [0.15, 0.2) is 0 Å². The molecule has 0 fully saturated rings. The second kappa shape index (κ2) is 3.54. The lowest BCUT2D eigenvalue weighted by atomic mass is 10.1. The number of hydrogen-bond acceptors (Lipinski definition) is 2. The molecule has 0 aromatic heterocycles. The molecule has 5 heteroatoms. The Bertz CT molecular complexity index is 411. The average Bonchev–Trinajstić information content (AvgIpc) is 2.01. The fourth-order valence-electron chi connectivity index (χ4n) is 0.879. The van der Waals surface area contributed by atoms with Crippen LogP contribution in [0.15, 0.2) is 16.6 Å². The first kappa shape index (κ1) is 9.68. The lowest BCUT2D eigenvalue weighted by Crippen LogP contribution is -2.02. The molecule has 0 aliphatic heterocycles. The molecule has 66 valence electrons. The van der Waals surface area contributed by atoms with Crippen molar-refractivity contribution in [1.29, 1.82) is 5.26 Å². The summed E-state index contributed by atoms with van der Waals surface area (Å²) in [6.45, 7) is 0. The Kier molecular flexibility index (Phi) is 2.63. The average molecular weight is 244 g/mol. The summed E-state index contributed by atoms with van der Waals surface area (Å²) >= 11 is 2.87. The first-order chi connectivity index (χ1) is 6.06. The topological polar surface area (TPSA) is 61.1 Å². The van der Waals surface area contributed by atoms with E-state index in [9.17, 15) is 9.18 Å². The van der Waals surface area contributed by atoms with Crippen LogP contribution in [0, 0.1) is 17.1 Å². The highest BCUT2D eigenvalue weighted by Gasteiger charge is 2.15. The molecule has 0 amide bonds. The zero-order valence-electron chi connectivity index (χ0n) is 6.21. The number of carbonyl (C=O) groups is 1. The number of benzene rings is 1. The van der Waals surface area contributed by atoms with Crippen LogP contribution in [-0.2, 0) is 0 Å². The third-order valence-corrected chi connectivity index (χ3v) is 2.01. The van der Waals surface area contributed by atoms with E-state index in [0.717, 1.165) is 12.1 Å². The van der Waals surface area contributed by atoms with Crippen molar-refractivity contribution >= 4 is 21.9 Å². The van der Waals surface area contributed by atoms with Crippen molar-refractivity contribution in [2.45, 2.75) is 0 Å². The number of carboxylic acid groups (broad SMARTS) is 1. The zero-order valence-corrected chi connectivity index (χ0v) is 7.80. The van der Waals surface area contributed by atoms with Crippen molar-refractivity contribution in [2.24, 2.45) is 0 Å². The summed E-state index contributed by atoms with van der Waals surface area (Å²) in [7, 11) is 0. The van der Waals surface area contributed by atoms with Gasteiger partial charge in [-0.2, -0.15) is 5.26 Å². The van der Waals surface area contributed by atoms with Gasteiger partial charge in [-0.1, -0.05) is 0 Å². The predicted octanol–water partition coefficient (Wildman–Crippen LogP) is 2.16. The molecule has 0 atom stereocenters. The Hall–Kier alpha value is -1.41. The van der Waals surface area contributed by atoms with Crippen LogP contribution >= 0.6 is 15.9 Å². The van der Waals surface area contributed by atoms with Crippen molar-refractivity contribution in [2.75, 3.05) is 0 Å². The molecule has 1 aromatic rings. The number of nitriles is 1. The number of hydrogen-bond donors (Lipinski definition) is 1. The molecule has 0 saturated carbocycles. The van der Waals surface area contributed by atoms with Gasteiger partial charge in [0.25, 0.3) is 0 Å². The van der Waals surface area contributed by atoms with Gasteiger partial charge >= 0.3 is 5.97 Å². The molecule has 0 radical (unpaired) electrons. The number of aromatic carboxylic acids is 1. The molecule has 13 heavy (non-hydrogen) atoms. The fraction of sp³-hybridized carbons (Fsp3) is 0. The second-order valence-corrected chi connectivity index (χ2v) is 3.08. The minimum atomic E-state index is -1.26. The van der Waals surface area contributed by atoms with E-state index in [1.165, 1.54) is 0 Å². The van der Waals surface area contributed by atoms with Crippen LogP contribution in [-0.4, -0.2) is 11.1 Å². The minimum absolute atomic E-state index is 0.0663. The molecule has 3 nitrogen and oxygen atoms in total. The molecule has 0 spiro atoms. The summed E-state index contributed by atoms with van der Waals surface area (Å²) in [5.41, 5.74) is -0.414. The normalized spacial score (nSPS) is 9.31. The molecule has 0 bridgehead atoms. The van der Waals surface area contributed by atoms with Gasteiger partial charge in [-0.05, 0) is 28.1 Å². The SMILES string of the molecule is N#Cc1cc(F)cc(Br)c1C(=O)O. The van der Waals surface area contributed by atoms with E-state index in [4.69, 9.17) is 10.4 Å². The largest absolute Gasteiger partial charge is 0.478 e. The summed E-state index contributed by atoms with van der Waals surface area (Å²) in [6, 6.07) is 3.50. The molecule has 1 N–H and O–H groups in total.